The Morgan fingerprint density at radius 2 is 1.53 bits per heavy atom. The molecule has 0 radical (unpaired) electrons. The van der Waals surface area contributed by atoms with Gasteiger partial charge in [0.15, 0.2) is 0 Å². The first-order valence-corrected chi connectivity index (χ1v) is 9.77. The van der Waals surface area contributed by atoms with E-state index >= 15 is 0 Å². The maximum Gasteiger partial charge on any atom is 0.110 e. The molecule has 0 aliphatic rings. The lowest BCUT2D eigenvalue weighted by atomic mass is 10.3. The quantitative estimate of drug-likeness (QED) is 0.309. The summed E-state index contributed by atoms with van der Waals surface area (Å²) < 4.78 is 5.77. The monoisotopic (exact) mass is 308 g/mol. The maximum atomic E-state index is 5.77. The normalized spacial score (nSPS) is 13.4. The van der Waals surface area contributed by atoms with Gasteiger partial charge in [0.25, 0.3) is 0 Å². The highest BCUT2D eigenvalue weighted by molar-refractivity contribution is 8.76. The van der Waals surface area contributed by atoms with Gasteiger partial charge < -0.3 is 15.4 Å². The average molecular weight is 309 g/mol. The van der Waals surface area contributed by atoms with Crippen LogP contribution < -0.4 is 10.6 Å². The molecule has 0 aromatic carbocycles. The van der Waals surface area contributed by atoms with Crippen molar-refractivity contribution in [2.75, 3.05) is 25.4 Å². The second kappa shape index (κ2) is 13.6. The first-order chi connectivity index (χ1) is 9.02. The van der Waals surface area contributed by atoms with Gasteiger partial charge in [-0.1, -0.05) is 49.3 Å². The molecule has 0 fully saturated rings. The molecular formula is C14H32N2OS2. The molecule has 0 saturated heterocycles. The Hall–Kier alpha value is 0.580. The molecule has 1 unspecified atom stereocenters. The summed E-state index contributed by atoms with van der Waals surface area (Å²) in [5.41, 5.74) is 0.294. The van der Waals surface area contributed by atoms with Gasteiger partial charge in [-0.15, -0.1) is 0 Å². The fraction of sp³-hybridized carbons (Fsp3) is 1.00. The predicted octanol–water partition coefficient (Wildman–Crippen LogP) is 3.51. The Morgan fingerprint density at radius 1 is 0.895 bits per heavy atom. The van der Waals surface area contributed by atoms with E-state index in [1.807, 2.05) is 21.6 Å². The fourth-order valence-electron chi connectivity index (χ4n) is 1.43. The first-order valence-electron chi connectivity index (χ1n) is 7.39. The highest BCUT2D eigenvalue weighted by Crippen LogP contribution is 2.26. The summed E-state index contributed by atoms with van der Waals surface area (Å²) in [4.78, 5) is 0. The number of rotatable bonds is 13. The van der Waals surface area contributed by atoms with Crippen LogP contribution in [0.2, 0.25) is 0 Å². The van der Waals surface area contributed by atoms with Crippen LogP contribution in [0.5, 0.6) is 0 Å². The fourth-order valence-corrected chi connectivity index (χ4v) is 3.35. The smallest absolute Gasteiger partial charge is 0.110 e. The summed E-state index contributed by atoms with van der Waals surface area (Å²) in [6, 6.07) is 1.17. The van der Waals surface area contributed by atoms with Crippen LogP contribution in [-0.2, 0) is 4.74 Å². The summed E-state index contributed by atoms with van der Waals surface area (Å²) in [6.45, 7) is 13.9. The molecule has 0 aromatic rings. The van der Waals surface area contributed by atoms with E-state index in [1.165, 1.54) is 6.42 Å². The molecule has 19 heavy (non-hydrogen) atoms. The number of nitrogens with one attached hydrogen (secondary N) is 2. The van der Waals surface area contributed by atoms with Gasteiger partial charge in [-0.25, -0.2) is 0 Å². The minimum atomic E-state index is 0.294. The zero-order valence-corrected chi connectivity index (χ0v) is 14.8. The maximum absolute atomic E-state index is 5.77. The van der Waals surface area contributed by atoms with Gasteiger partial charge in [-0.2, -0.15) is 0 Å². The van der Waals surface area contributed by atoms with Crippen molar-refractivity contribution < 1.29 is 4.74 Å². The lowest BCUT2D eigenvalue weighted by molar-refractivity contribution is 0.121. The van der Waals surface area contributed by atoms with Crippen LogP contribution in [-0.4, -0.2) is 43.0 Å². The van der Waals surface area contributed by atoms with E-state index in [2.05, 4.69) is 45.3 Å². The molecule has 0 spiro atoms. The van der Waals surface area contributed by atoms with Crippen LogP contribution in [0.4, 0.5) is 0 Å². The zero-order valence-electron chi connectivity index (χ0n) is 13.2. The van der Waals surface area contributed by atoms with Crippen molar-refractivity contribution in [1.82, 2.24) is 10.6 Å². The largest absolute Gasteiger partial charge is 0.367 e. The highest BCUT2D eigenvalue weighted by Gasteiger charge is 2.03. The second-order valence-corrected chi connectivity index (χ2v) is 8.07. The highest BCUT2D eigenvalue weighted by atomic mass is 33.1. The van der Waals surface area contributed by atoms with Crippen LogP contribution in [0.25, 0.3) is 0 Å². The lowest BCUT2D eigenvalue weighted by Crippen LogP contribution is -2.24. The molecule has 3 nitrogen and oxygen atoms in total. The number of ether oxygens (including phenoxy) is 1. The third-order valence-corrected chi connectivity index (χ3v) is 5.05. The van der Waals surface area contributed by atoms with Crippen molar-refractivity contribution in [3.8, 4) is 0 Å². The van der Waals surface area contributed by atoms with E-state index in [9.17, 15) is 0 Å². The number of hydrogen-bond acceptors (Lipinski definition) is 5. The van der Waals surface area contributed by atoms with E-state index in [4.69, 9.17) is 4.74 Å². The third-order valence-electron chi connectivity index (χ3n) is 2.42. The summed E-state index contributed by atoms with van der Waals surface area (Å²) in [6.07, 6.45) is 2.34. The van der Waals surface area contributed by atoms with Crippen LogP contribution in [0.15, 0.2) is 0 Å². The average Bonchev–Trinajstić information content (AvgIpc) is 2.32. The Bertz CT molecular complexity index is 192. The molecule has 0 bridgehead atoms. The van der Waals surface area contributed by atoms with Crippen molar-refractivity contribution in [3.05, 3.63) is 0 Å². The molecule has 0 rings (SSSR count). The van der Waals surface area contributed by atoms with E-state index in [0.29, 0.717) is 17.5 Å². The molecule has 1 atom stereocenters. The minimum Gasteiger partial charge on any atom is -0.367 e. The zero-order chi connectivity index (χ0) is 14.5. The number of unbranched alkanes of at least 4 members (excludes halogenated alkanes) is 1. The summed E-state index contributed by atoms with van der Waals surface area (Å²) in [7, 11) is 3.73. The third kappa shape index (κ3) is 16.5. The summed E-state index contributed by atoms with van der Waals surface area (Å²) >= 11 is 0. The molecular weight excluding hydrogens is 276 g/mol. The van der Waals surface area contributed by atoms with Gasteiger partial charge in [0.2, 0.25) is 0 Å². The van der Waals surface area contributed by atoms with E-state index in [1.54, 1.807) is 0 Å². The summed E-state index contributed by atoms with van der Waals surface area (Å²) in [5.74, 6) is 1.13. The van der Waals surface area contributed by atoms with E-state index in [-0.39, 0.29) is 0 Å². The van der Waals surface area contributed by atoms with Gasteiger partial charge in [0.05, 0.1) is 0 Å². The van der Waals surface area contributed by atoms with Crippen LogP contribution in [0, 0.1) is 0 Å². The van der Waals surface area contributed by atoms with Crippen molar-refractivity contribution in [1.29, 1.82) is 0 Å². The van der Waals surface area contributed by atoms with E-state index < -0.39 is 0 Å². The molecule has 0 saturated carbocycles. The second-order valence-electron chi connectivity index (χ2n) is 5.28. The molecule has 5 heteroatoms. The Labute approximate surface area is 127 Å². The standard InChI is InChI=1S/C14H32N2OS2/c1-12(2)15-8-6-7-10-17-14(5)19-18-11-9-16-13(3)4/h12-16H,6-11H2,1-5H3. The van der Waals surface area contributed by atoms with Gasteiger partial charge in [0.1, 0.15) is 5.44 Å². The van der Waals surface area contributed by atoms with Crippen molar-refractivity contribution in [2.24, 2.45) is 0 Å². The lowest BCUT2D eigenvalue weighted by Gasteiger charge is -2.13. The Kier molecular flexibility index (Phi) is 14.0. The van der Waals surface area contributed by atoms with E-state index in [0.717, 1.165) is 31.9 Å². The Morgan fingerprint density at radius 3 is 2.16 bits per heavy atom. The Balaban J connectivity index is 3.19. The summed E-state index contributed by atoms with van der Waals surface area (Å²) in [5, 5.41) is 6.83. The van der Waals surface area contributed by atoms with Crippen molar-refractivity contribution in [3.63, 3.8) is 0 Å². The van der Waals surface area contributed by atoms with Gasteiger partial charge in [0, 0.05) is 31.0 Å². The molecule has 0 heterocycles. The molecule has 0 amide bonds. The van der Waals surface area contributed by atoms with Crippen molar-refractivity contribution in [2.45, 2.75) is 65.0 Å². The van der Waals surface area contributed by atoms with Crippen LogP contribution >= 0.6 is 21.6 Å². The van der Waals surface area contributed by atoms with Gasteiger partial charge in [-0.3, -0.25) is 0 Å². The molecule has 0 aliphatic carbocycles. The first kappa shape index (κ1) is 19.6. The SMILES string of the molecule is CC(C)NCCCCOC(C)SSCCNC(C)C. The molecule has 0 aromatic heterocycles. The minimum absolute atomic E-state index is 0.294. The van der Waals surface area contributed by atoms with Gasteiger partial charge in [-0.05, 0) is 26.3 Å². The van der Waals surface area contributed by atoms with Crippen molar-refractivity contribution >= 4 is 21.6 Å². The van der Waals surface area contributed by atoms with Gasteiger partial charge >= 0.3 is 0 Å². The molecule has 0 aliphatic heterocycles. The molecule has 2 N–H and O–H groups in total. The predicted molar refractivity (Wildman–Crippen MR) is 91.0 cm³/mol. The molecule has 116 valence electrons. The number of hydrogen-bond donors (Lipinski definition) is 2. The van der Waals surface area contributed by atoms with Crippen LogP contribution in [0.3, 0.4) is 0 Å². The van der Waals surface area contributed by atoms with Crippen LogP contribution in [0.1, 0.15) is 47.5 Å². The topological polar surface area (TPSA) is 33.3 Å².